The number of rotatable bonds is 11. The molecule has 0 aliphatic heterocycles. The first kappa shape index (κ1) is 24.2. The van der Waals surface area contributed by atoms with Crippen molar-refractivity contribution in [1.29, 1.82) is 0 Å². The van der Waals surface area contributed by atoms with E-state index in [-0.39, 0.29) is 16.8 Å². The molecule has 1 saturated carbocycles. The highest BCUT2D eigenvalue weighted by Gasteiger charge is 2.30. The van der Waals surface area contributed by atoms with Crippen LogP contribution in [0.5, 0.6) is 0 Å². The summed E-state index contributed by atoms with van der Waals surface area (Å²) in [6, 6.07) is 16.6. The van der Waals surface area contributed by atoms with E-state index in [9.17, 15) is 13.2 Å². The van der Waals surface area contributed by atoms with Crippen LogP contribution in [-0.2, 0) is 33.4 Å². The molecule has 1 aliphatic rings. The van der Waals surface area contributed by atoms with E-state index in [4.69, 9.17) is 4.74 Å². The van der Waals surface area contributed by atoms with E-state index >= 15 is 0 Å². The third-order valence-electron chi connectivity index (χ3n) is 6.01. The van der Waals surface area contributed by atoms with Crippen LogP contribution in [0.2, 0.25) is 0 Å². The predicted molar refractivity (Wildman–Crippen MR) is 130 cm³/mol. The van der Waals surface area contributed by atoms with Crippen molar-refractivity contribution in [2.24, 2.45) is 5.92 Å². The summed E-state index contributed by atoms with van der Waals surface area (Å²) in [6.07, 6.45) is 3.80. The Bertz CT molecular complexity index is 1220. The minimum absolute atomic E-state index is 0.0116. The van der Waals surface area contributed by atoms with Gasteiger partial charge in [0.1, 0.15) is 0 Å². The molecular formula is C26H31N3O4S. The lowest BCUT2D eigenvalue weighted by Crippen LogP contribution is -2.33. The number of carbonyl (C=O) groups is 1. The molecule has 3 aromatic rings. The molecule has 0 saturated heterocycles. The molecule has 180 valence electrons. The maximum Gasteiger partial charge on any atom is 0.254 e. The number of benzene rings is 2. The molecule has 0 radical (unpaired) electrons. The Labute approximate surface area is 201 Å². The Morgan fingerprint density at radius 3 is 2.47 bits per heavy atom. The van der Waals surface area contributed by atoms with Gasteiger partial charge >= 0.3 is 0 Å². The number of methoxy groups -OCH3 is 1. The fourth-order valence-corrected chi connectivity index (χ4v) is 5.47. The molecule has 8 heteroatoms. The number of hydrogen-bond donors (Lipinski definition) is 0. The number of nitrogens with zero attached hydrogens (tertiary/aromatic N) is 3. The van der Waals surface area contributed by atoms with E-state index < -0.39 is 9.84 Å². The smallest absolute Gasteiger partial charge is 0.254 e. The standard InChI is InChI=1S/C26H31N3O4S/c1-20-8-12-23(13-9-20)25(30)28(17-21-10-11-21)18-24-16-27-26(29(24)14-15-33-2)34(31,32)19-22-6-4-3-5-7-22/h3-9,12-13,16,21H,10-11,14-15,17-19H2,1-2H3. The van der Waals surface area contributed by atoms with Crippen molar-refractivity contribution in [2.45, 2.75) is 43.8 Å². The van der Waals surface area contributed by atoms with Crippen molar-refractivity contribution in [3.8, 4) is 0 Å². The maximum atomic E-state index is 13.3. The van der Waals surface area contributed by atoms with E-state index in [1.165, 1.54) is 0 Å². The Kier molecular flexibility index (Phi) is 7.48. The molecule has 34 heavy (non-hydrogen) atoms. The molecule has 0 unspecified atom stereocenters. The van der Waals surface area contributed by atoms with Crippen molar-refractivity contribution < 1.29 is 17.9 Å². The molecule has 1 heterocycles. The number of aromatic nitrogens is 2. The molecule has 1 aliphatic carbocycles. The van der Waals surface area contributed by atoms with E-state index in [1.807, 2.05) is 54.3 Å². The van der Waals surface area contributed by atoms with Gasteiger partial charge in [0.15, 0.2) is 0 Å². The van der Waals surface area contributed by atoms with Crippen LogP contribution in [0.4, 0.5) is 0 Å². The van der Waals surface area contributed by atoms with Gasteiger partial charge in [-0.05, 0) is 43.4 Å². The normalized spacial score (nSPS) is 13.7. The largest absolute Gasteiger partial charge is 0.383 e. The Balaban J connectivity index is 1.63. The molecule has 0 spiro atoms. The molecule has 4 rings (SSSR count). The van der Waals surface area contributed by atoms with Crippen molar-refractivity contribution in [3.05, 3.63) is 83.2 Å². The number of ether oxygens (including phenoxy) is 1. The van der Waals surface area contributed by atoms with Crippen LogP contribution in [0.15, 0.2) is 66.0 Å². The number of amides is 1. The molecule has 0 atom stereocenters. The van der Waals surface area contributed by atoms with E-state index in [2.05, 4.69) is 4.98 Å². The molecule has 2 aromatic carbocycles. The van der Waals surface area contributed by atoms with Crippen LogP contribution in [0.25, 0.3) is 0 Å². The van der Waals surface area contributed by atoms with Crippen molar-refractivity contribution >= 4 is 15.7 Å². The van der Waals surface area contributed by atoms with Gasteiger partial charge in [-0.15, -0.1) is 0 Å². The quantitative estimate of drug-likeness (QED) is 0.415. The summed E-state index contributed by atoms with van der Waals surface area (Å²) in [4.78, 5) is 19.5. The topological polar surface area (TPSA) is 81.5 Å². The van der Waals surface area contributed by atoms with E-state index in [0.717, 1.165) is 18.4 Å². The molecule has 1 amide bonds. The highest BCUT2D eigenvalue weighted by molar-refractivity contribution is 7.90. The second kappa shape index (κ2) is 10.5. The van der Waals surface area contributed by atoms with Gasteiger partial charge in [0.25, 0.3) is 5.91 Å². The third-order valence-corrected chi connectivity index (χ3v) is 7.61. The van der Waals surface area contributed by atoms with E-state index in [1.54, 1.807) is 30.0 Å². The lowest BCUT2D eigenvalue weighted by molar-refractivity contribution is 0.0729. The summed E-state index contributed by atoms with van der Waals surface area (Å²) in [5.41, 5.74) is 3.11. The first-order chi connectivity index (χ1) is 16.4. The minimum atomic E-state index is -3.68. The zero-order valence-electron chi connectivity index (χ0n) is 19.7. The second-order valence-electron chi connectivity index (χ2n) is 8.92. The molecule has 1 fully saturated rings. The summed E-state index contributed by atoms with van der Waals surface area (Å²) in [6.45, 7) is 3.61. The fourth-order valence-electron chi connectivity index (χ4n) is 3.95. The fraction of sp³-hybridized carbons (Fsp3) is 0.385. The van der Waals surface area contributed by atoms with Gasteiger partial charge in [0.05, 0.1) is 30.8 Å². The number of hydrogen-bond acceptors (Lipinski definition) is 5. The number of carbonyl (C=O) groups excluding carboxylic acids is 1. The van der Waals surface area contributed by atoms with Crippen LogP contribution in [0, 0.1) is 12.8 Å². The molecule has 7 nitrogen and oxygen atoms in total. The van der Waals surface area contributed by atoms with Crippen LogP contribution in [0.1, 0.15) is 40.0 Å². The number of sulfone groups is 1. The van der Waals surface area contributed by atoms with Crippen LogP contribution >= 0.6 is 0 Å². The number of imidazole rings is 1. The minimum Gasteiger partial charge on any atom is -0.383 e. The Morgan fingerprint density at radius 1 is 1.12 bits per heavy atom. The summed E-state index contributed by atoms with van der Waals surface area (Å²) in [5.74, 6) is 0.303. The van der Waals surface area contributed by atoms with E-state index in [0.29, 0.717) is 49.0 Å². The number of aryl methyl sites for hydroxylation is 1. The third kappa shape index (κ3) is 5.93. The molecule has 1 aromatic heterocycles. The molecule has 0 bridgehead atoms. The van der Waals surface area contributed by atoms with Gasteiger partial charge in [-0.2, -0.15) is 0 Å². The zero-order chi connectivity index (χ0) is 24.1. The van der Waals surface area contributed by atoms with Gasteiger partial charge < -0.3 is 14.2 Å². The first-order valence-corrected chi connectivity index (χ1v) is 13.2. The average Bonchev–Trinajstić information content (AvgIpc) is 3.55. The maximum absolute atomic E-state index is 13.3. The van der Waals surface area contributed by atoms with Crippen LogP contribution in [0.3, 0.4) is 0 Å². The van der Waals surface area contributed by atoms with Crippen LogP contribution < -0.4 is 0 Å². The van der Waals surface area contributed by atoms with Gasteiger partial charge in [0.2, 0.25) is 15.0 Å². The summed E-state index contributed by atoms with van der Waals surface area (Å²) >= 11 is 0. The second-order valence-corrected chi connectivity index (χ2v) is 10.8. The summed E-state index contributed by atoms with van der Waals surface area (Å²) < 4.78 is 33.4. The lowest BCUT2D eigenvalue weighted by Gasteiger charge is -2.24. The summed E-state index contributed by atoms with van der Waals surface area (Å²) in [7, 11) is -2.11. The van der Waals surface area contributed by atoms with Gasteiger partial charge in [-0.25, -0.2) is 13.4 Å². The highest BCUT2D eigenvalue weighted by Crippen LogP contribution is 2.31. The zero-order valence-corrected chi connectivity index (χ0v) is 20.5. The monoisotopic (exact) mass is 481 g/mol. The van der Waals surface area contributed by atoms with Crippen LogP contribution in [-0.4, -0.2) is 49.0 Å². The highest BCUT2D eigenvalue weighted by atomic mass is 32.2. The van der Waals surface area contributed by atoms with Gasteiger partial charge in [0, 0.05) is 25.8 Å². The van der Waals surface area contributed by atoms with Crippen molar-refractivity contribution in [1.82, 2.24) is 14.5 Å². The molecule has 0 N–H and O–H groups in total. The SMILES string of the molecule is COCCn1c(CN(CC2CC2)C(=O)c2ccc(C)cc2)cnc1S(=O)(=O)Cc1ccccc1. The summed E-state index contributed by atoms with van der Waals surface area (Å²) in [5, 5.41) is 0.0116. The predicted octanol–water partition coefficient (Wildman–Crippen LogP) is 3.86. The van der Waals surface area contributed by atoms with Crippen molar-refractivity contribution in [3.63, 3.8) is 0 Å². The Morgan fingerprint density at radius 2 is 1.82 bits per heavy atom. The first-order valence-electron chi connectivity index (χ1n) is 11.5. The lowest BCUT2D eigenvalue weighted by atomic mass is 10.1. The molecular weight excluding hydrogens is 450 g/mol. The van der Waals surface area contributed by atoms with Gasteiger partial charge in [-0.3, -0.25) is 4.79 Å². The average molecular weight is 482 g/mol. The van der Waals surface area contributed by atoms with Crippen molar-refractivity contribution in [2.75, 3.05) is 20.3 Å². The Hall–Kier alpha value is -2.97. The van der Waals surface area contributed by atoms with Gasteiger partial charge in [-0.1, -0.05) is 48.0 Å².